The van der Waals surface area contributed by atoms with E-state index < -0.39 is 46.1 Å². The predicted molar refractivity (Wildman–Crippen MR) is 150 cm³/mol. The summed E-state index contributed by atoms with van der Waals surface area (Å²) in [5.74, 6) is -3.65. The van der Waals surface area contributed by atoms with E-state index in [2.05, 4.69) is 16.0 Å². The van der Waals surface area contributed by atoms with Gasteiger partial charge < -0.3 is 15.7 Å². The Morgan fingerprint density at radius 1 is 0.975 bits per heavy atom. The smallest absolute Gasteiger partial charge is 0.329 e. The molecule has 10 heteroatoms. The van der Waals surface area contributed by atoms with E-state index in [9.17, 15) is 19.5 Å². The second-order valence-electron chi connectivity index (χ2n) is 11.8. The highest BCUT2D eigenvalue weighted by Gasteiger charge is 2.72. The van der Waals surface area contributed by atoms with Crippen LogP contribution in [0.1, 0.15) is 81.3 Å². The van der Waals surface area contributed by atoms with Crippen LogP contribution in [0, 0.1) is 5.82 Å². The number of carbonyl (C=O) groups is 3. The van der Waals surface area contributed by atoms with E-state index in [-0.39, 0.29) is 16.5 Å². The minimum Gasteiger partial charge on any atom is -0.480 e. The zero-order chi connectivity index (χ0) is 28.3. The van der Waals surface area contributed by atoms with Gasteiger partial charge in [-0.3, -0.25) is 14.9 Å². The maximum atomic E-state index is 16.0. The number of amides is 2. The van der Waals surface area contributed by atoms with Crippen molar-refractivity contribution in [3.8, 4) is 0 Å². The van der Waals surface area contributed by atoms with Crippen LogP contribution in [-0.4, -0.2) is 40.0 Å². The van der Waals surface area contributed by atoms with E-state index in [1.54, 1.807) is 30.3 Å². The average molecular weight is 589 g/mol. The molecule has 3 atom stereocenters. The lowest BCUT2D eigenvalue weighted by Crippen LogP contribution is -2.61. The molecule has 2 aliphatic heterocycles. The Balaban J connectivity index is 1.57. The Hall–Kier alpha value is -2.68. The molecule has 2 aromatic rings. The maximum absolute atomic E-state index is 16.0. The van der Waals surface area contributed by atoms with Crippen LogP contribution in [0.15, 0.2) is 36.4 Å². The number of benzene rings is 2. The van der Waals surface area contributed by atoms with Gasteiger partial charge in [0.2, 0.25) is 11.8 Å². The number of fused-ring (bicyclic) bond motifs is 3. The molecule has 6 rings (SSSR count). The first-order valence-corrected chi connectivity index (χ1v) is 14.8. The molecule has 0 aromatic heterocycles. The number of hydrogen-bond donors (Lipinski definition) is 4. The summed E-state index contributed by atoms with van der Waals surface area (Å²) in [5.41, 5.74) is -2.31. The molecule has 2 aliphatic carbocycles. The third-order valence-corrected chi connectivity index (χ3v) is 10.3. The summed E-state index contributed by atoms with van der Waals surface area (Å²) in [4.78, 5) is 41.2. The minimum absolute atomic E-state index is 0.111. The van der Waals surface area contributed by atoms with Crippen LogP contribution in [0.4, 0.5) is 10.1 Å². The molecule has 4 aliphatic rings. The lowest BCUT2D eigenvalue weighted by atomic mass is 9.55. The Morgan fingerprint density at radius 2 is 1.65 bits per heavy atom. The van der Waals surface area contributed by atoms with E-state index in [0.717, 1.165) is 25.7 Å². The molecule has 2 amide bonds. The Labute approximate surface area is 242 Å². The number of halogens is 3. The second-order valence-corrected chi connectivity index (χ2v) is 12.6. The fourth-order valence-corrected chi connectivity index (χ4v) is 8.43. The van der Waals surface area contributed by atoms with Gasteiger partial charge in [-0.1, -0.05) is 79.9 Å². The zero-order valence-corrected chi connectivity index (χ0v) is 23.5. The van der Waals surface area contributed by atoms with Crippen LogP contribution in [0.5, 0.6) is 0 Å². The van der Waals surface area contributed by atoms with Gasteiger partial charge in [0.05, 0.1) is 11.1 Å². The highest BCUT2D eigenvalue weighted by atomic mass is 35.5. The second kappa shape index (κ2) is 10.00. The Bertz CT molecular complexity index is 1390. The van der Waals surface area contributed by atoms with Gasteiger partial charge in [-0.15, -0.1) is 0 Å². The Morgan fingerprint density at radius 3 is 2.33 bits per heavy atom. The molecular weight excluding hydrogens is 556 g/mol. The number of hydrogen-bond acceptors (Lipinski definition) is 4. The van der Waals surface area contributed by atoms with Gasteiger partial charge in [0.25, 0.3) is 0 Å². The third kappa shape index (κ3) is 3.90. The van der Waals surface area contributed by atoms with Gasteiger partial charge in [0, 0.05) is 22.2 Å². The van der Waals surface area contributed by atoms with Crippen LogP contribution < -0.4 is 16.0 Å². The number of carboxylic acids is 1. The zero-order valence-electron chi connectivity index (χ0n) is 22.0. The maximum Gasteiger partial charge on any atom is 0.329 e. The molecule has 0 unspecified atom stereocenters. The standard InChI is InChI=1S/C30H32Cl2FN3O4/c31-17-10-11-19-21(16-17)34-26(38)30(19)22(18-8-7-9-20(32)23(18)33)24(35-29(30)14-5-2-6-15-29)25(37)36-28(27(39)40)12-3-1-4-13-28/h7-11,16,22,24,35H,1-6,12-15H2,(H,34,38)(H,36,37)(H,39,40)/t22-,24+,30+/m0/s1. The van der Waals surface area contributed by atoms with E-state index in [1.165, 1.54) is 6.07 Å². The van der Waals surface area contributed by atoms with Crippen molar-refractivity contribution in [2.24, 2.45) is 0 Å². The molecule has 2 spiro atoms. The van der Waals surface area contributed by atoms with Crippen LogP contribution >= 0.6 is 23.2 Å². The first-order chi connectivity index (χ1) is 19.1. The molecule has 2 saturated carbocycles. The summed E-state index contributed by atoms with van der Waals surface area (Å²) in [6.45, 7) is 0. The van der Waals surface area contributed by atoms with Gasteiger partial charge >= 0.3 is 5.97 Å². The van der Waals surface area contributed by atoms with Gasteiger partial charge in [-0.05, 0) is 55.0 Å². The Kier molecular flexibility index (Phi) is 6.87. The summed E-state index contributed by atoms with van der Waals surface area (Å²) < 4.78 is 16.0. The number of carboxylic acid groups (broad SMARTS) is 1. The minimum atomic E-state index is -1.41. The normalized spacial score (nSPS) is 28.3. The molecule has 212 valence electrons. The van der Waals surface area contributed by atoms with Crippen molar-refractivity contribution in [1.82, 2.24) is 10.6 Å². The summed E-state index contributed by atoms with van der Waals surface area (Å²) in [5, 5.41) is 20.0. The first kappa shape index (κ1) is 27.5. The van der Waals surface area contributed by atoms with Crippen molar-refractivity contribution in [2.75, 3.05) is 5.32 Å². The number of nitrogens with one attached hydrogen (secondary N) is 3. The topological polar surface area (TPSA) is 108 Å². The number of carbonyl (C=O) groups excluding carboxylic acids is 2. The molecule has 1 saturated heterocycles. The van der Waals surface area contributed by atoms with Crippen LogP contribution in [0.3, 0.4) is 0 Å². The molecule has 2 heterocycles. The summed E-state index contributed by atoms with van der Waals surface area (Å²) >= 11 is 12.6. The molecule has 2 aromatic carbocycles. The molecule has 40 heavy (non-hydrogen) atoms. The monoisotopic (exact) mass is 587 g/mol. The van der Waals surface area contributed by atoms with Crippen molar-refractivity contribution in [3.63, 3.8) is 0 Å². The molecule has 3 fully saturated rings. The summed E-state index contributed by atoms with van der Waals surface area (Å²) in [6, 6.07) is 8.72. The molecule has 0 radical (unpaired) electrons. The van der Waals surface area contributed by atoms with Crippen LogP contribution in [-0.2, 0) is 19.8 Å². The van der Waals surface area contributed by atoms with Crippen molar-refractivity contribution in [2.45, 2.75) is 92.7 Å². The van der Waals surface area contributed by atoms with E-state index >= 15 is 4.39 Å². The molecule has 0 bridgehead atoms. The SMILES string of the molecule is O=C(NC1(C(=O)O)CCCCC1)[C@@H]1NC2(CCCCC2)[C@@]2(C(=O)Nc3cc(Cl)ccc32)[C@H]1c1cccc(Cl)c1F. The average Bonchev–Trinajstić information content (AvgIpc) is 3.38. The first-order valence-electron chi connectivity index (χ1n) is 14.0. The van der Waals surface area contributed by atoms with Crippen LogP contribution in [0.25, 0.3) is 0 Å². The van der Waals surface area contributed by atoms with E-state index in [1.807, 2.05) is 0 Å². The number of rotatable bonds is 4. The lowest BCUT2D eigenvalue weighted by Gasteiger charge is -2.47. The van der Waals surface area contributed by atoms with Crippen LogP contribution in [0.2, 0.25) is 10.0 Å². The van der Waals surface area contributed by atoms with E-state index in [4.69, 9.17) is 23.2 Å². The largest absolute Gasteiger partial charge is 0.480 e. The quantitative estimate of drug-likeness (QED) is 0.368. The fourth-order valence-electron chi connectivity index (χ4n) is 8.08. The van der Waals surface area contributed by atoms with Gasteiger partial charge in [-0.25, -0.2) is 9.18 Å². The van der Waals surface area contributed by atoms with Crippen molar-refractivity contribution >= 4 is 46.7 Å². The highest BCUT2D eigenvalue weighted by molar-refractivity contribution is 6.31. The summed E-state index contributed by atoms with van der Waals surface area (Å²) in [7, 11) is 0. The van der Waals surface area contributed by atoms with Crippen molar-refractivity contribution in [1.29, 1.82) is 0 Å². The third-order valence-electron chi connectivity index (χ3n) is 9.78. The highest BCUT2D eigenvalue weighted by Crippen LogP contribution is 2.62. The molecule has 4 N–H and O–H groups in total. The lowest BCUT2D eigenvalue weighted by molar-refractivity contribution is -0.149. The summed E-state index contributed by atoms with van der Waals surface area (Å²) in [6.07, 6.45) is 6.70. The number of aliphatic carboxylic acids is 1. The molecular formula is C30H32Cl2FN3O4. The van der Waals surface area contributed by atoms with Crippen molar-refractivity contribution < 1.29 is 23.9 Å². The molecule has 7 nitrogen and oxygen atoms in total. The van der Waals surface area contributed by atoms with Gasteiger partial charge in [0.1, 0.15) is 16.8 Å². The van der Waals surface area contributed by atoms with Gasteiger partial charge in [0.15, 0.2) is 0 Å². The van der Waals surface area contributed by atoms with Crippen molar-refractivity contribution in [3.05, 3.63) is 63.4 Å². The van der Waals surface area contributed by atoms with Gasteiger partial charge in [-0.2, -0.15) is 0 Å². The predicted octanol–water partition coefficient (Wildman–Crippen LogP) is 5.68. The van der Waals surface area contributed by atoms with E-state index in [0.29, 0.717) is 54.8 Å². The fraction of sp³-hybridized carbons (Fsp3) is 0.500. The number of anilines is 1.